The van der Waals surface area contributed by atoms with Crippen molar-refractivity contribution < 1.29 is 9.31 Å². The van der Waals surface area contributed by atoms with Crippen molar-refractivity contribution in [3.8, 4) is 0 Å². The fourth-order valence-corrected chi connectivity index (χ4v) is 2.89. The second kappa shape index (κ2) is 5.97. The van der Waals surface area contributed by atoms with Crippen molar-refractivity contribution >= 4 is 12.6 Å². The van der Waals surface area contributed by atoms with Gasteiger partial charge in [0.2, 0.25) is 0 Å². The number of hydrogen-bond acceptors (Lipinski definition) is 4. The molecule has 3 rings (SSSR count). The minimum atomic E-state index is -0.281. The van der Waals surface area contributed by atoms with Crippen molar-refractivity contribution in [2.75, 3.05) is 26.2 Å². The van der Waals surface area contributed by atoms with Crippen molar-refractivity contribution in [1.29, 1.82) is 0 Å². The molecule has 0 amide bonds. The number of hydrogen-bond donors (Lipinski definition) is 1. The molecular weight excluding hydrogens is 275 g/mol. The maximum absolute atomic E-state index is 6.10. The summed E-state index contributed by atoms with van der Waals surface area (Å²) in [6.07, 6.45) is 0. The molecule has 0 aromatic heterocycles. The van der Waals surface area contributed by atoms with E-state index in [9.17, 15) is 0 Å². The van der Waals surface area contributed by atoms with Gasteiger partial charge in [0.25, 0.3) is 0 Å². The van der Waals surface area contributed by atoms with Crippen molar-refractivity contribution in [2.45, 2.75) is 45.4 Å². The van der Waals surface area contributed by atoms with Gasteiger partial charge in [-0.05, 0) is 38.7 Å². The number of nitrogens with one attached hydrogen (secondary N) is 1. The predicted octanol–water partition coefficient (Wildman–Crippen LogP) is 1.39. The molecule has 22 heavy (non-hydrogen) atoms. The Kier molecular flexibility index (Phi) is 4.34. The fourth-order valence-electron chi connectivity index (χ4n) is 2.89. The Hall–Kier alpha value is -0.875. The van der Waals surface area contributed by atoms with Crippen molar-refractivity contribution in [3.05, 3.63) is 29.8 Å². The molecule has 0 bridgehead atoms. The summed E-state index contributed by atoms with van der Waals surface area (Å²) in [5.41, 5.74) is 1.89. The summed E-state index contributed by atoms with van der Waals surface area (Å²) in [4.78, 5) is 2.49. The molecule has 0 spiro atoms. The maximum atomic E-state index is 6.10. The first kappa shape index (κ1) is 16.0. The molecular formula is C17H27BN2O2. The van der Waals surface area contributed by atoms with E-state index < -0.39 is 0 Å². The zero-order chi connectivity index (χ0) is 15.8. The van der Waals surface area contributed by atoms with E-state index in [-0.39, 0.29) is 18.3 Å². The molecule has 2 fully saturated rings. The van der Waals surface area contributed by atoms with Crippen LogP contribution in [0.5, 0.6) is 0 Å². The van der Waals surface area contributed by atoms with E-state index in [4.69, 9.17) is 9.31 Å². The molecule has 4 nitrogen and oxygen atoms in total. The van der Waals surface area contributed by atoms with Crippen LogP contribution in [0, 0.1) is 0 Å². The van der Waals surface area contributed by atoms with Crippen LogP contribution in [0.3, 0.4) is 0 Å². The largest absolute Gasteiger partial charge is 0.494 e. The lowest BCUT2D eigenvalue weighted by atomic mass is 9.79. The lowest BCUT2D eigenvalue weighted by molar-refractivity contribution is 0.00578. The van der Waals surface area contributed by atoms with Crippen molar-refractivity contribution in [3.63, 3.8) is 0 Å². The van der Waals surface area contributed by atoms with E-state index in [1.807, 2.05) is 0 Å². The lowest BCUT2D eigenvalue weighted by Gasteiger charge is -2.32. The molecule has 2 aliphatic heterocycles. The molecule has 0 atom stereocenters. The maximum Gasteiger partial charge on any atom is 0.494 e. The molecule has 0 radical (unpaired) electrons. The second-order valence-electron chi connectivity index (χ2n) is 7.36. The smallest absolute Gasteiger partial charge is 0.399 e. The summed E-state index contributed by atoms with van der Waals surface area (Å²) < 4.78 is 12.2. The monoisotopic (exact) mass is 302 g/mol. The highest BCUT2D eigenvalue weighted by Gasteiger charge is 2.51. The molecule has 0 saturated carbocycles. The molecule has 2 aliphatic rings. The molecule has 1 aromatic rings. The van der Waals surface area contributed by atoms with Crippen molar-refractivity contribution in [2.24, 2.45) is 0 Å². The third-order valence-corrected chi connectivity index (χ3v) is 5.12. The number of rotatable bonds is 3. The topological polar surface area (TPSA) is 33.7 Å². The standard InChI is InChI=1S/C17H27BN2O2/c1-16(2)17(3,4)22-18(21-16)15-7-5-14(6-8-15)13-20-11-9-19-10-12-20/h5-8,19H,9-13H2,1-4H3. The molecule has 1 aromatic carbocycles. The van der Waals surface area contributed by atoms with Crippen LogP contribution in [0.4, 0.5) is 0 Å². The summed E-state index contributed by atoms with van der Waals surface area (Å²) in [6.45, 7) is 13.8. The van der Waals surface area contributed by atoms with Gasteiger partial charge in [0, 0.05) is 32.7 Å². The van der Waals surface area contributed by atoms with Gasteiger partial charge in [-0.1, -0.05) is 24.3 Å². The second-order valence-corrected chi connectivity index (χ2v) is 7.36. The van der Waals surface area contributed by atoms with Gasteiger partial charge < -0.3 is 14.6 Å². The minimum absolute atomic E-state index is 0.266. The van der Waals surface area contributed by atoms with Gasteiger partial charge in [-0.2, -0.15) is 0 Å². The first-order valence-electron chi connectivity index (χ1n) is 8.25. The molecule has 0 unspecified atom stereocenters. The van der Waals surface area contributed by atoms with Crippen LogP contribution < -0.4 is 10.8 Å². The summed E-state index contributed by atoms with van der Waals surface area (Å²) >= 11 is 0. The first-order chi connectivity index (χ1) is 10.4. The highest BCUT2D eigenvalue weighted by molar-refractivity contribution is 6.62. The number of nitrogens with zero attached hydrogens (tertiary/aromatic N) is 1. The number of piperazine rings is 1. The lowest BCUT2D eigenvalue weighted by Crippen LogP contribution is -2.43. The van der Waals surface area contributed by atoms with Crippen LogP contribution in [0.25, 0.3) is 0 Å². The summed E-state index contributed by atoms with van der Waals surface area (Å²) in [5, 5.41) is 3.39. The zero-order valence-electron chi connectivity index (χ0n) is 14.2. The Bertz CT molecular complexity index is 494. The quantitative estimate of drug-likeness (QED) is 0.856. The van der Waals surface area contributed by atoms with Crippen LogP contribution >= 0.6 is 0 Å². The van der Waals surface area contributed by atoms with Gasteiger partial charge in [0.05, 0.1) is 11.2 Å². The molecule has 1 N–H and O–H groups in total. The molecule has 2 saturated heterocycles. The van der Waals surface area contributed by atoms with E-state index in [0.29, 0.717) is 0 Å². The molecule has 5 heteroatoms. The zero-order valence-corrected chi connectivity index (χ0v) is 14.2. The summed E-state index contributed by atoms with van der Waals surface area (Å²) in [6, 6.07) is 8.67. The van der Waals surface area contributed by atoms with Crippen LogP contribution in [0.2, 0.25) is 0 Å². The van der Waals surface area contributed by atoms with Crippen LogP contribution in [0.1, 0.15) is 33.3 Å². The summed E-state index contributed by atoms with van der Waals surface area (Å²) in [5.74, 6) is 0. The average molecular weight is 302 g/mol. The Morgan fingerprint density at radius 1 is 1.00 bits per heavy atom. The van der Waals surface area contributed by atoms with Gasteiger partial charge in [0.15, 0.2) is 0 Å². The van der Waals surface area contributed by atoms with Gasteiger partial charge >= 0.3 is 7.12 Å². The SMILES string of the molecule is CC1(C)OB(c2ccc(CN3CCNCC3)cc2)OC1(C)C. The van der Waals surface area contributed by atoms with E-state index >= 15 is 0 Å². The third kappa shape index (κ3) is 3.23. The van der Waals surface area contributed by atoms with Crippen LogP contribution in [-0.2, 0) is 15.9 Å². The summed E-state index contributed by atoms with van der Waals surface area (Å²) in [7, 11) is -0.266. The van der Waals surface area contributed by atoms with Crippen molar-refractivity contribution in [1.82, 2.24) is 10.2 Å². The molecule has 120 valence electrons. The first-order valence-corrected chi connectivity index (χ1v) is 8.25. The Balaban J connectivity index is 1.65. The average Bonchev–Trinajstić information content (AvgIpc) is 2.69. The third-order valence-electron chi connectivity index (χ3n) is 5.12. The predicted molar refractivity (Wildman–Crippen MR) is 90.3 cm³/mol. The minimum Gasteiger partial charge on any atom is -0.399 e. The molecule has 0 aliphatic carbocycles. The van der Waals surface area contributed by atoms with E-state index in [1.165, 1.54) is 5.56 Å². The highest BCUT2D eigenvalue weighted by Crippen LogP contribution is 2.36. The van der Waals surface area contributed by atoms with Crippen LogP contribution in [0.15, 0.2) is 24.3 Å². The Morgan fingerprint density at radius 2 is 1.55 bits per heavy atom. The van der Waals surface area contributed by atoms with Gasteiger partial charge in [-0.3, -0.25) is 4.90 Å². The number of benzene rings is 1. The normalized spacial score (nSPS) is 24.6. The van der Waals surface area contributed by atoms with Gasteiger partial charge in [-0.25, -0.2) is 0 Å². The molecule has 2 heterocycles. The fraction of sp³-hybridized carbons (Fsp3) is 0.647. The van der Waals surface area contributed by atoms with E-state index in [1.54, 1.807) is 0 Å². The Labute approximate surface area is 134 Å². The highest BCUT2D eigenvalue weighted by atomic mass is 16.7. The Morgan fingerprint density at radius 3 is 2.09 bits per heavy atom. The van der Waals surface area contributed by atoms with Gasteiger partial charge in [-0.15, -0.1) is 0 Å². The van der Waals surface area contributed by atoms with Crippen LogP contribution in [-0.4, -0.2) is 49.4 Å². The van der Waals surface area contributed by atoms with E-state index in [2.05, 4.69) is 62.2 Å². The van der Waals surface area contributed by atoms with E-state index in [0.717, 1.165) is 38.2 Å². The van der Waals surface area contributed by atoms with Gasteiger partial charge in [0.1, 0.15) is 0 Å².